The average molecular weight is 290 g/mol. The van der Waals surface area contributed by atoms with Crippen molar-refractivity contribution in [2.45, 2.75) is 39.7 Å². The lowest BCUT2D eigenvalue weighted by atomic mass is 9.96. The second kappa shape index (κ2) is 8.40. The second-order valence-corrected chi connectivity index (χ2v) is 5.93. The van der Waals surface area contributed by atoms with Crippen molar-refractivity contribution < 1.29 is 4.74 Å². The molecule has 1 N–H and O–H groups in total. The molecular formula is C18H30N2O. The van der Waals surface area contributed by atoms with E-state index in [1.54, 1.807) is 0 Å². The summed E-state index contributed by atoms with van der Waals surface area (Å²) in [7, 11) is 0. The molecular weight excluding hydrogens is 260 g/mol. The van der Waals surface area contributed by atoms with E-state index in [1.165, 1.54) is 38.0 Å². The predicted molar refractivity (Wildman–Crippen MR) is 88.9 cm³/mol. The quantitative estimate of drug-likeness (QED) is 0.832. The minimum absolute atomic E-state index is 0.410. The van der Waals surface area contributed by atoms with E-state index < -0.39 is 0 Å². The maximum Gasteiger partial charge on any atom is 0.124 e. The molecule has 0 aromatic heterocycles. The number of hydrogen-bond acceptors (Lipinski definition) is 3. The minimum Gasteiger partial charge on any atom is -0.494 e. The molecule has 118 valence electrons. The van der Waals surface area contributed by atoms with E-state index in [4.69, 9.17) is 4.74 Å². The van der Waals surface area contributed by atoms with Crippen molar-refractivity contribution >= 4 is 0 Å². The fourth-order valence-electron chi connectivity index (χ4n) is 3.27. The normalized spacial score (nSPS) is 17.9. The van der Waals surface area contributed by atoms with E-state index in [-0.39, 0.29) is 0 Å². The third kappa shape index (κ3) is 4.45. The van der Waals surface area contributed by atoms with Crippen LogP contribution >= 0.6 is 0 Å². The van der Waals surface area contributed by atoms with Crippen LogP contribution in [0.2, 0.25) is 0 Å². The van der Waals surface area contributed by atoms with Crippen LogP contribution in [0.25, 0.3) is 0 Å². The highest BCUT2D eigenvalue weighted by Crippen LogP contribution is 2.30. The van der Waals surface area contributed by atoms with Gasteiger partial charge in [-0.2, -0.15) is 0 Å². The van der Waals surface area contributed by atoms with Crippen LogP contribution in [0.5, 0.6) is 5.75 Å². The van der Waals surface area contributed by atoms with Crippen LogP contribution in [0.15, 0.2) is 24.3 Å². The van der Waals surface area contributed by atoms with E-state index in [1.807, 2.05) is 6.92 Å². The molecule has 1 aromatic carbocycles. The van der Waals surface area contributed by atoms with Gasteiger partial charge < -0.3 is 10.1 Å². The number of ether oxygens (including phenoxy) is 1. The Morgan fingerprint density at radius 3 is 2.62 bits per heavy atom. The van der Waals surface area contributed by atoms with E-state index in [0.717, 1.165) is 24.8 Å². The number of para-hydroxylation sites is 1. The van der Waals surface area contributed by atoms with Crippen molar-refractivity contribution in [2.75, 3.05) is 32.8 Å². The summed E-state index contributed by atoms with van der Waals surface area (Å²) in [6.07, 6.45) is 2.60. The summed E-state index contributed by atoms with van der Waals surface area (Å²) < 4.78 is 5.81. The summed E-state index contributed by atoms with van der Waals surface area (Å²) in [5.41, 5.74) is 1.31. The summed E-state index contributed by atoms with van der Waals surface area (Å²) >= 11 is 0. The van der Waals surface area contributed by atoms with Crippen LogP contribution in [-0.4, -0.2) is 37.7 Å². The molecule has 21 heavy (non-hydrogen) atoms. The molecule has 1 saturated heterocycles. The zero-order chi connectivity index (χ0) is 15.1. The van der Waals surface area contributed by atoms with Crippen LogP contribution in [0.4, 0.5) is 0 Å². The van der Waals surface area contributed by atoms with Gasteiger partial charge in [-0.3, -0.25) is 4.90 Å². The highest BCUT2D eigenvalue weighted by Gasteiger charge is 2.22. The van der Waals surface area contributed by atoms with Crippen molar-refractivity contribution in [3.05, 3.63) is 29.8 Å². The molecule has 0 saturated carbocycles. The maximum atomic E-state index is 5.81. The molecule has 2 rings (SSSR count). The summed E-state index contributed by atoms with van der Waals surface area (Å²) in [6, 6.07) is 8.89. The Bertz CT molecular complexity index is 415. The smallest absolute Gasteiger partial charge is 0.124 e. The number of nitrogens with one attached hydrogen (secondary N) is 1. The number of piperidine rings is 1. The van der Waals surface area contributed by atoms with Gasteiger partial charge in [0.15, 0.2) is 0 Å². The molecule has 0 amide bonds. The molecule has 1 aliphatic heterocycles. The van der Waals surface area contributed by atoms with Gasteiger partial charge in [0, 0.05) is 18.2 Å². The van der Waals surface area contributed by atoms with Crippen LogP contribution in [0.3, 0.4) is 0 Å². The standard InChI is InChI=1S/C18H30N2O/c1-4-20(14-16-10-12-19-13-11-16)15(3)17-8-6-7-9-18(17)21-5-2/h6-9,15-16,19H,4-5,10-14H2,1-3H3. The lowest BCUT2D eigenvalue weighted by Crippen LogP contribution is -2.37. The van der Waals surface area contributed by atoms with Gasteiger partial charge in [0.1, 0.15) is 5.75 Å². The van der Waals surface area contributed by atoms with Crippen LogP contribution < -0.4 is 10.1 Å². The number of nitrogens with zero attached hydrogens (tertiary/aromatic N) is 1. The van der Waals surface area contributed by atoms with Crippen molar-refractivity contribution in [1.29, 1.82) is 0 Å². The van der Waals surface area contributed by atoms with Crippen molar-refractivity contribution in [3.8, 4) is 5.75 Å². The average Bonchev–Trinajstić information content (AvgIpc) is 2.54. The molecule has 1 aromatic rings. The molecule has 0 radical (unpaired) electrons. The molecule has 1 fully saturated rings. The van der Waals surface area contributed by atoms with E-state index in [2.05, 4.69) is 48.3 Å². The van der Waals surface area contributed by atoms with Crippen molar-refractivity contribution in [1.82, 2.24) is 10.2 Å². The van der Waals surface area contributed by atoms with E-state index in [9.17, 15) is 0 Å². The van der Waals surface area contributed by atoms with Crippen LogP contribution in [0.1, 0.15) is 45.2 Å². The highest BCUT2D eigenvalue weighted by atomic mass is 16.5. The molecule has 1 aliphatic rings. The SMILES string of the molecule is CCOc1ccccc1C(C)N(CC)CC1CCNCC1. The van der Waals surface area contributed by atoms with Gasteiger partial charge in [-0.25, -0.2) is 0 Å². The Kier molecular flexibility index (Phi) is 6.52. The first-order chi connectivity index (χ1) is 10.3. The molecule has 3 heteroatoms. The molecule has 3 nitrogen and oxygen atoms in total. The Labute approximate surface area is 129 Å². The van der Waals surface area contributed by atoms with Gasteiger partial charge in [0.05, 0.1) is 6.61 Å². The van der Waals surface area contributed by atoms with Crippen LogP contribution in [-0.2, 0) is 0 Å². The largest absolute Gasteiger partial charge is 0.494 e. The summed E-state index contributed by atoms with van der Waals surface area (Å²) in [6.45, 7) is 12.0. The Morgan fingerprint density at radius 1 is 1.24 bits per heavy atom. The van der Waals surface area contributed by atoms with E-state index in [0.29, 0.717) is 6.04 Å². The first-order valence-corrected chi connectivity index (χ1v) is 8.42. The molecule has 0 aliphatic carbocycles. The Hall–Kier alpha value is -1.06. The zero-order valence-corrected chi connectivity index (χ0v) is 13.8. The van der Waals surface area contributed by atoms with Gasteiger partial charge in [-0.05, 0) is 58.3 Å². The number of rotatable bonds is 7. The van der Waals surface area contributed by atoms with E-state index >= 15 is 0 Å². The van der Waals surface area contributed by atoms with Crippen LogP contribution in [0, 0.1) is 5.92 Å². The highest BCUT2D eigenvalue weighted by molar-refractivity contribution is 5.35. The molecule has 0 bridgehead atoms. The molecule has 1 heterocycles. The topological polar surface area (TPSA) is 24.5 Å². The van der Waals surface area contributed by atoms with Gasteiger partial charge in [-0.1, -0.05) is 25.1 Å². The summed E-state index contributed by atoms with van der Waals surface area (Å²) in [5.74, 6) is 1.86. The number of hydrogen-bond donors (Lipinski definition) is 1. The first-order valence-electron chi connectivity index (χ1n) is 8.42. The zero-order valence-electron chi connectivity index (χ0n) is 13.8. The Morgan fingerprint density at radius 2 is 1.95 bits per heavy atom. The molecule has 1 unspecified atom stereocenters. The fourth-order valence-corrected chi connectivity index (χ4v) is 3.27. The second-order valence-electron chi connectivity index (χ2n) is 5.93. The lowest BCUT2D eigenvalue weighted by Gasteiger charge is -2.34. The summed E-state index contributed by atoms with van der Waals surface area (Å²) in [4.78, 5) is 2.59. The molecule has 0 spiro atoms. The maximum absolute atomic E-state index is 5.81. The van der Waals surface area contributed by atoms with Gasteiger partial charge in [0.2, 0.25) is 0 Å². The lowest BCUT2D eigenvalue weighted by molar-refractivity contribution is 0.165. The number of benzene rings is 1. The summed E-state index contributed by atoms with van der Waals surface area (Å²) in [5, 5.41) is 3.45. The van der Waals surface area contributed by atoms with Gasteiger partial charge in [0.25, 0.3) is 0 Å². The van der Waals surface area contributed by atoms with Gasteiger partial charge in [-0.15, -0.1) is 0 Å². The first kappa shape index (κ1) is 16.3. The predicted octanol–water partition coefficient (Wildman–Crippen LogP) is 3.47. The van der Waals surface area contributed by atoms with Crippen molar-refractivity contribution in [2.24, 2.45) is 5.92 Å². The van der Waals surface area contributed by atoms with Crippen molar-refractivity contribution in [3.63, 3.8) is 0 Å². The third-order valence-electron chi connectivity index (χ3n) is 4.57. The minimum atomic E-state index is 0.410. The monoisotopic (exact) mass is 290 g/mol. The Balaban J connectivity index is 2.06. The van der Waals surface area contributed by atoms with Gasteiger partial charge >= 0.3 is 0 Å². The molecule has 1 atom stereocenters. The third-order valence-corrected chi connectivity index (χ3v) is 4.57. The fraction of sp³-hybridized carbons (Fsp3) is 0.667.